The molecule has 0 unspecified atom stereocenters. The zero-order valence-corrected chi connectivity index (χ0v) is 29.4. The molecule has 4 rings (SSSR count). The Hall–Kier alpha value is -1.04. The molecule has 26 nitrogen and oxygen atoms in total. The van der Waals surface area contributed by atoms with Gasteiger partial charge in [-0.2, -0.15) is 0 Å². The van der Waals surface area contributed by atoms with Gasteiger partial charge in [0.25, 0.3) is 0 Å². The minimum atomic E-state index is -2.04. The largest absolute Gasteiger partial charge is 0.394 e. The number of ether oxygens (including phenoxy) is 8. The van der Waals surface area contributed by atoms with Gasteiger partial charge in [-0.3, -0.25) is 0 Å². The van der Waals surface area contributed by atoms with Crippen LogP contribution in [0.1, 0.15) is 0 Å². The average Bonchev–Trinajstić information content (AvgIpc) is 3.19. The quantitative estimate of drug-likeness (QED) is 0.0647. The Morgan fingerprint density at radius 3 is 0.964 bits per heavy atom. The van der Waals surface area contributed by atoms with Gasteiger partial charge in [0.2, 0.25) is 0 Å². The lowest BCUT2D eigenvalue weighted by Gasteiger charge is -2.44. The molecular formula is C30H54O26. The summed E-state index contributed by atoms with van der Waals surface area (Å²) in [6.07, 6.45) is -43.4. The topological polar surface area (TPSA) is 438 Å². The lowest BCUT2D eigenvalue weighted by molar-refractivity contribution is -0.348. The Morgan fingerprint density at radius 1 is 0.357 bits per heavy atom. The SMILES string of the molecule is OC[C@H](O)[C@@H](O)[C@H](O)[C@H](O)CO[C@H]1O[C@H](CO[C@H]2O[C@H](CO[C@H]3O[C@H](CO[C@H]4O[C@H](CO)[C@@H](O)[C@H](O)[C@H]4O)[C@@H](O)[C@H](O)[C@H]3O)[C@@H](O)[C@H](O)[C@H]2O)[C@@H](O)[C@H](O)[C@H]1O. The van der Waals surface area contributed by atoms with Crippen molar-refractivity contribution in [3.63, 3.8) is 0 Å². The molecule has 0 bridgehead atoms. The highest BCUT2D eigenvalue weighted by Crippen LogP contribution is 2.29. The summed E-state index contributed by atoms with van der Waals surface area (Å²) in [5, 5.41) is 182. The van der Waals surface area contributed by atoms with Crippen molar-refractivity contribution in [1.29, 1.82) is 0 Å². The fourth-order valence-corrected chi connectivity index (χ4v) is 6.21. The first-order valence-electron chi connectivity index (χ1n) is 17.5. The lowest BCUT2D eigenvalue weighted by atomic mass is 9.98. The Kier molecular flexibility index (Phi) is 17.8. The number of hydrogen-bond acceptors (Lipinski definition) is 26. The van der Waals surface area contributed by atoms with E-state index in [-0.39, 0.29) is 0 Å². The number of rotatable bonds is 17. The molecule has 4 fully saturated rings. The molecule has 0 aromatic carbocycles. The van der Waals surface area contributed by atoms with Crippen LogP contribution in [0.25, 0.3) is 0 Å². The number of aliphatic hydroxyl groups is 18. The van der Waals surface area contributed by atoms with Crippen molar-refractivity contribution in [2.45, 2.75) is 147 Å². The van der Waals surface area contributed by atoms with Crippen molar-refractivity contribution in [3.05, 3.63) is 0 Å². The molecular weight excluding hydrogens is 776 g/mol. The summed E-state index contributed by atoms with van der Waals surface area (Å²) in [7, 11) is 0. The van der Waals surface area contributed by atoms with Crippen LogP contribution in [0.5, 0.6) is 0 Å². The van der Waals surface area contributed by atoms with E-state index >= 15 is 0 Å². The maximum absolute atomic E-state index is 10.6. The van der Waals surface area contributed by atoms with Crippen LogP contribution in [0.2, 0.25) is 0 Å². The molecule has 0 aromatic heterocycles. The lowest BCUT2D eigenvalue weighted by Crippen LogP contribution is -2.63. The first kappa shape index (κ1) is 47.6. The van der Waals surface area contributed by atoms with Gasteiger partial charge in [0.15, 0.2) is 25.2 Å². The van der Waals surface area contributed by atoms with E-state index in [0.29, 0.717) is 0 Å². The molecule has 4 aliphatic heterocycles. The third-order valence-corrected chi connectivity index (χ3v) is 9.88. The predicted octanol–water partition coefficient (Wildman–Crippen LogP) is -12.3. The van der Waals surface area contributed by atoms with Crippen molar-refractivity contribution in [1.82, 2.24) is 0 Å². The first-order chi connectivity index (χ1) is 26.3. The molecule has 0 amide bonds. The van der Waals surface area contributed by atoms with Crippen LogP contribution in [0.4, 0.5) is 0 Å². The van der Waals surface area contributed by atoms with Gasteiger partial charge in [0.05, 0.1) is 39.6 Å². The fourth-order valence-electron chi connectivity index (χ4n) is 6.21. The van der Waals surface area contributed by atoms with E-state index < -0.39 is 187 Å². The standard InChI is InChI=1S/C30H54O26/c31-1-7(33)13(35)14(36)8(34)3-49-27-24(46)20(42)16(38)10(54-27)5-51-29-26(48)22(44)18(40)12(56-29)6-52-30-25(47)21(43)17(39)11(55-30)4-50-28-23(45)19(41)15(37)9(2-32)53-28/h7-48H,1-6H2/t7-,8+,9+,10+,11+,12+,13+,14+,15+,16+,17+,18+,19-,20-,21-,22-,23+,24+,25+,26+,27-,28-,29-,30-/m0/s1. The molecule has 56 heavy (non-hydrogen) atoms. The van der Waals surface area contributed by atoms with E-state index in [1.165, 1.54) is 0 Å². The molecule has 330 valence electrons. The maximum atomic E-state index is 10.6. The summed E-state index contributed by atoms with van der Waals surface area (Å²) in [5.41, 5.74) is 0. The molecule has 18 N–H and O–H groups in total. The van der Waals surface area contributed by atoms with Crippen LogP contribution >= 0.6 is 0 Å². The van der Waals surface area contributed by atoms with Crippen LogP contribution in [0.15, 0.2) is 0 Å². The third-order valence-electron chi connectivity index (χ3n) is 9.88. The van der Waals surface area contributed by atoms with Crippen molar-refractivity contribution in [3.8, 4) is 0 Å². The molecule has 26 heteroatoms. The predicted molar refractivity (Wildman–Crippen MR) is 169 cm³/mol. The van der Waals surface area contributed by atoms with Gasteiger partial charge in [-0.15, -0.1) is 0 Å². The Labute approximate surface area is 317 Å². The fraction of sp³-hybridized carbons (Fsp3) is 1.00. The van der Waals surface area contributed by atoms with E-state index in [0.717, 1.165) is 0 Å². The van der Waals surface area contributed by atoms with Crippen molar-refractivity contribution in [2.24, 2.45) is 0 Å². The van der Waals surface area contributed by atoms with Crippen LogP contribution in [-0.2, 0) is 37.9 Å². The molecule has 0 spiro atoms. The summed E-state index contributed by atoms with van der Waals surface area (Å²) in [4.78, 5) is 0. The number of aliphatic hydroxyl groups excluding tert-OH is 18. The second-order valence-electron chi connectivity index (χ2n) is 13.9. The average molecular weight is 831 g/mol. The number of hydrogen-bond donors (Lipinski definition) is 18. The summed E-state index contributed by atoms with van der Waals surface area (Å²) in [5.74, 6) is 0. The van der Waals surface area contributed by atoms with E-state index in [1.807, 2.05) is 0 Å². The van der Waals surface area contributed by atoms with Gasteiger partial charge in [-0.25, -0.2) is 0 Å². The highest BCUT2D eigenvalue weighted by atomic mass is 16.8. The van der Waals surface area contributed by atoms with Gasteiger partial charge in [0.1, 0.15) is 122 Å². The van der Waals surface area contributed by atoms with Gasteiger partial charge in [0, 0.05) is 0 Å². The van der Waals surface area contributed by atoms with Gasteiger partial charge in [-0.05, 0) is 0 Å². The van der Waals surface area contributed by atoms with Crippen LogP contribution in [0, 0.1) is 0 Å². The van der Waals surface area contributed by atoms with Crippen molar-refractivity contribution < 1.29 is 130 Å². The van der Waals surface area contributed by atoms with Crippen molar-refractivity contribution in [2.75, 3.05) is 39.6 Å². The van der Waals surface area contributed by atoms with E-state index in [2.05, 4.69) is 0 Å². The molecule has 0 aromatic rings. The normalized spacial score (nSPS) is 47.2. The Bertz CT molecular complexity index is 1160. The highest BCUT2D eigenvalue weighted by molar-refractivity contribution is 4.94. The summed E-state index contributed by atoms with van der Waals surface area (Å²) in [6, 6.07) is 0. The molecule has 0 aliphatic carbocycles. The van der Waals surface area contributed by atoms with Crippen molar-refractivity contribution >= 4 is 0 Å². The molecule has 4 aliphatic rings. The molecule has 24 atom stereocenters. The molecule has 0 radical (unpaired) electrons. The van der Waals surface area contributed by atoms with E-state index in [9.17, 15) is 86.8 Å². The monoisotopic (exact) mass is 830 g/mol. The summed E-state index contributed by atoms with van der Waals surface area (Å²) < 4.78 is 43.1. The second kappa shape index (κ2) is 21.0. The van der Waals surface area contributed by atoms with Crippen LogP contribution < -0.4 is 0 Å². The zero-order chi connectivity index (χ0) is 41.8. The minimum Gasteiger partial charge on any atom is -0.394 e. The Morgan fingerprint density at radius 2 is 0.643 bits per heavy atom. The maximum Gasteiger partial charge on any atom is 0.186 e. The summed E-state index contributed by atoms with van der Waals surface area (Å²) in [6.45, 7) is -4.77. The smallest absolute Gasteiger partial charge is 0.186 e. The van der Waals surface area contributed by atoms with Gasteiger partial charge in [-0.1, -0.05) is 0 Å². The molecule has 4 saturated heterocycles. The van der Waals surface area contributed by atoms with E-state index in [4.69, 9.17) is 43.0 Å². The van der Waals surface area contributed by atoms with Gasteiger partial charge >= 0.3 is 0 Å². The second-order valence-corrected chi connectivity index (χ2v) is 13.9. The van der Waals surface area contributed by atoms with Gasteiger partial charge < -0.3 is 130 Å². The molecule has 0 saturated carbocycles. The van der Waals surface area contributed by atoms with E-state index in [1.54, 1.807) is 0 Å². The molecule has 4 heterocycles. The third kappa shape index (κ3) is 10.8. The minimum absolute atomic E-state index is 0.677. The first-order valence-corrected chi connectivity index (χ1v) is 17.5. The summed E-state index contributed by atoms with van der Waals surface area (Å²) >= 11 is 0. The Balaban J connectivity index is 1.32. The van der Waals surface area contributed by atoms with Crippen LogP contribution in [-0.4, -0.2) is 279 Å². The van der Waals surface area contributed by atoms with Crippen LogP contribution in [0.3, 0.4) is 0 Å². The zero-order valence-electron chi connectivity index (χ0n) is 29.4. The highest BCUT2D eigenvalue weighted by Gasteiger charge is 2.51.